The Balaban J connectivity index is 1.60. The van der Waals surface area contributed by atoms with E-state index in [2.05, 4.69) is 20.4 Å². The Morgan fingerprint density at radius 3 is 2.58 bits per heavy atom. The van der Waals surface area contributed by atoms with E-state index in [0.717, 1.165) is 6.92 Å². The van der Waals surface area contributed by atoms with Gasteiger partial charge in [0.25, 0.3) is 5.85 Å². The summed E-state index contributed by atoms with van der Waals surface area (Å²) in [4.78, 5) is 21.9. The first-order valence-corrected chi connectivity index (χ1v) is 15.2. The van der Waals surface area contributed by atoms with Gasteiger partial charge in [-0.25, -0.2) is 13.3 Å². The summed E-state index contributed by atoms with van der Waals surface area (Å²) in [6.07, 6.45) is -5.41. The van der Waals surface area contributed by atoms with Crippen molar-refractivity contribution in [3.63, 3.8) is 0 Å². The zero-order chi connectivity index (χ0) is 31.7. The highest BCUT2D eigenvalue weighted by atomic mass is 31.2. The molecule has 0 saturated carbocycles. The number of nitrogens with zero attached hydrogens (tertiary/aromatic N) is 3. The summed E-state index contributed by atoms with van der Waals surface area (Å²) in [6, 6.07) is 6.55. The number of nitrogens with one attached hydrogen (secondary N) is 2. The quantitative estimate of drug-likeness (QED) is 0.198. The van der Waals surface area contributed by atoms with Gasteiger partial charge in [0.2, 0.25) is 11.8 Å². The minimum atomic E-state index is -4.57. The topological polar surface area (TPSA) is 180 Å². The Bertz CT molecular complexity index is 1360. The lowest BCUT2D eigenvalue weighted by molar-refractivity contribution is -0.192. The molecular weight excluding hydrogens is 593 g/mol. The van der Waals surface area contributed by atoms with Crippen LogP contribution in [-0.4, -0.2) is 76.4 Å². The van der Waals surface area contributed by atoms with Gasteiger partial charge in [0, 0.05) is 0 Å². The molecule has 4 rings (SSSR count). The molecule has 0 amide bonds. The highest BCUT2D eigenvalue weighted by Gasteiger charge is 2.67. The maximum atomic E-state index is 16.4. The molecule has 14 nitrogen and oxygen atoms in total. The number of carbonyl (C=O) groups is 1. The summed E-state index contributed by atoms with van der Waals surface area (Å²) in [5.41, 5.74) is 3.36. The Labute approximate surface area is 247 Å². The van der Waals surface area contributed by atoms with Crippen LogP contribution in [0.2, 0.25) is 0 Å². The smallest absolute Gasteiger partial charge is 0.459 e. The lowest BCUT2D eigenvalue weighted by Crippen LogP contribution is -2.53. The zero-order valence-corrected chi connectivity index (χ0v) is 25.5. The molecule has 1 aromatic heterocycles. The number of carbonyl (C=O) groups excluding carboxylic acids is 1. The molecule has 1 fully saturated rings. The van der Waals surface area contributed by atoms with E-state index in [1.165, 1.54) is 24.0 Å². The first kappa shape index (κ1) is 32.6. The van der Waals surface area contributed by atoms with Gasteiger partial charge in [-0.15, -0.1) is 0 Å². The second-order valence-electron chi connectivity index (χ2n) is 10.6. The number of aromatic nitrogens is 2. The number of aliphatic hydroxyl groups excluding tert-OH is 1. The van der Waals surface area contributed by atoms with Crippen LogP contribution >= 0.6 is 7.75 Å². The molecule has 0 aliphatic carbocycles. The third-order valence-electron chi connectivity index (χ3n) is 6.61. The van der Waals surface area contributed by atoms with E-state index in [4.69, 9.17) is 29.0 Å². The number of halogens is 2. The molecular formula is C26H37F2N6O8P. The SMILES string of the molecule is CCOc1nc(N)nc2c1NC(C)N2[C@@H]1O[C@](F)(COP(=O)(NC(C)C(=O)OC(C)C)Oc2ccccc2)[C@@H](O)[C@@]1(C)F. The summed E-state index contributed by atoms with van der Waals surface area (Å²) in [5.74, 6) is -3.98. The van der Waals surface area contributed by atoms with Gasteiger partial charge in [0.05, 0.1) is 12.7 Å². The second-order valence-corrected chi connectivity index (χ2v) is 12.3. The van der Waals surface area contributed by atoms with E-state index in [0.29, 0.717) is 0 Å². The number of nitrogens with two attached hydrogens (primary N) is 1. The van der Waals surface area contributed by atoms with Crippen molar-refractivity contribution >= 4 is 31.2 Å². The number of alkyl halides is 2. The van der Waals surface area contributed by atoms with Gasteiger partial charge in [-0.1, -0.05) is 18.2 Å². The molecule has 3 heterocycles. The van der Waals surface area contributed by atoms with Crippen molar-refractivity contribution < 1.29 is 46.5 Å². The van der Waals surface area contributed by atoms with Crippen molar-refractivity contribution in [2.24, 2.45) is 0 Å². The predicted molar refractivity (Wildman–Crippen MR) is 152 cm³/mol. The molecule has 43 heavy (non-hydrogen) atoms. The van der Waals surface area contributed by atoms with E-state index in [-0.39, 0.29) is 35.7 Å². The molecule has 7 atom stereocenters. The van der Waals surface area contributed by atoms with Crippen LogP contribution in [0.25, 0.3) is 0 Å². The van der Waals surface area contributed by atoms with Crippen LogP contribution in [0.3, 0.4) is 0 Å². The van der Waals surface area contributed by atoms with E-state index < -0.39 is 62.5 Å². The number of para-hydroxylation sites is 1. The summed E-state index contributed by atoms with van der Waals surface area (Å²) >= 11 is 0. The molecule has 1 saturated heterocycles. The van der Waals surface area contributed by atoms with Crippen LogP contribution in [0.1, 0.15) is 41.5 Å². The van der Waals surface area contributed by atoms with Crippen molar-refractivity contribution in [1.29, 1.82) is 0 Å². The van der Waals surface area contributed by atoms with Crippen molar-refractivity contribution in [2.45, 2.75) is 83.7 Å². The molecule has 5 N–H and O–H groups in total. The maximum absolute atomic E-state index is 16.4. The molecule has 2 aliphatic rings. The molecule has 0 spiro atoms. The van der Waals surface area contributed by atoms with Crippen LogP contribution in [0, 0.1) is 0 Å². The summed E-state index contributed by atoms with van der Waals surface area (Å²) in [5, 5.41) is 16.3. The highest BCUT2D eigenvalue weighted by Crippen LogP contribution is 2.52. The Morgan fingerprint density at radius 1 is 1.28 bits per heavy atom. The third kappa shape index (κ3) is 6.78. The molecule has 0 bridgehead atoms. The fourth-order valence-corrected chi connectivity index (χ4v) is 6.15. The Hall–Kier alpha value is -3.30. The van der Waals surface area contributed by atoms with Crippen LogP contribution < -0.4 is 30.3 Å². The average Bonchev–Trinajstić information content (AvgIpc) is 3.33. The van der Waals surface area contributed by atoms with Gasteiger partial charge in [-0.05, 0) is 53.7 Å². The fraction of sp³-hybridized carbons (Fsp3) is 0.577. The second kappa shape index (κ2) is 12.4. The minimum Gasteiger partial charge on any atom is -0.476 e. The fourth-order valence-electron chi connectivity index (χ4n) is 4.65. The number of rotatable bonds is 12. The lowest BCUT2D eigenvalue weighted by atomic mass is 9.96. The van der Waals surface area contributed by atoms with Gasteiger partial charge in [0.15, 0.2) is 23.8 Å². The molecule has 2 aliphatic heterocycles. The normalized spacial score (nSPS) is 28.6. The van der Waals surface area contributed by atoms with Gasteiger partial charge >= 0.3 is 13.7 Å². The third-order valence-corrected chi connectivity index (χ3v) is 8.24. The first-order chi connectivity index (χ1) is 20.1. The van der Waals surface area contributed by atoms with Crippen LogP contribution in [-0.2, 0) is 23.4 Å². The number of ether oxygens (including phenoxy) is 3. The largest absolute Gasteiger partial charge is 0.476 e. The van der Waals surface area contributed by atoms with Gasteiger partial charge in [0.1, 0.15) is 30.3 Å². The molecule has 238 valence electrons. The number of anilines is 3. The molecule has 3 unspecified atom stereocenters. The van der Waals surface area contributed by atoms with Crippen LogP contribution in [0.4, 0.5) is 26.2 Å². The van der Waals surface area contributed by atoms with E-state index in [1.807, 2.05) is 0 Å². The van der Waals surface area contributed by atoms with Crippen molar-refractivity contribution in [3.05, 3.63) is 30.3 Å². The number of hydrogen-bond acceptors (Lipinski definition) is 13. The Morgan fingerprint density at radius 2 is 1.95 bits per heavy atom. The number of hydrogen-bond donors (Lipinski definition) is 4. The number of fused-ring (bicyclic) bond motifs is 1. The van der Waals surface area contributed by atoms with E-state index in [1.54, 1.807) is 45.9 Å². The summed E-state index contributed by atoms with van der Waals surface area (Å²) in [7, 11) is -4.57. The summed E-state index contributed by atoms with van der Waals surface area (Å²) in [6.45, 7) is 7.90. The molecule has 2 aromatic rings. The average molecular weight is 631 g/mol. The first-order valence-electron chi connectivity index (χ1n) is 13.7. The number of nitrogen functional groups attached to an aromatic ring is 1. The maximum Gasteiger partial charge on any atom is 0.459 e. The standard InChI is InChI=1S/C26H37F2N6O8P/c1-7-38-20-18-19(31-24(29)32-20)34(16(5)30-18)23-25(6,27)22(36)26(28,41-23)13-39-43(37,42-17-11-9-8-10-12-17)33-15(4)21(35)40-14(2)3/h8-12,14-16,22-23,30,36H,7,13H2,1-6H3,(H,33,37)(H2,29,31,32)/t15?,16?,22-,23+,25+,26+,43?/m0/s1. The number of aliphatic hydroxyl groups is 1. The number of benzene rings is 1. The van der Waals surface area contributed by atoms with Crippen LogP contribution in [0.5, 0.6) is 11.6 Å². The van der Waals surface area contributed by atoms with E-state index >= 15 is 8.78 Å². The summed E-state index contributed by atoms with van der Waals surface area (Å²) < 4.78 is 73.4. The van der Waals surface area contributed by atoms with Gasteiger partial charge < -0.3 is 39.8 Å². The van der Waals surface area contributed by atoms with Crippen LogP contribution in [0.15, 0.2) is 30.3 Å². The Kier molecular flexibility index (Phi) is 9.38. The monoisotopic (exact) mass is 630 g/mol. The number of esters is 1. The highest BCUT2D eigenvalue weighted by molar-refractivity contribution is 7.52. The van der Waals surface area contributed by atoms with Crippen molar-refractivity contribution in [3.8, 4) is 11.6 Å². The molecule has 1 aromatic carbocycles. The van der Waals surface area contributed by atoms with E-state index in [9.17, 15) is 14.5 Å². The van der Waals surface area contributed by atoms with Gasteiger partial charge in [-0.3, -0.25) is 9.32 Å². The lowest BCUT2D eigenvalue weighted by Gasteiger charge is -2.34. The van der Waals surface area contributed by atoms with Gasteiger partial charge in [-0.2, -0.15) is 15.1 Å². The van der Waals surface area contributed by atoms with Crippen molar-refractivity contribution in [2.75, 3.05) is 29.2 Å². The minimum absolute atomic E-state index is 0.0620. The van der Waals surface area contributed by atoms with Crippen molar-refractivity contribution in [1.82, 2.24) is 15.1 Å². The molecule has 17 heteroatoms. The predicted octanol–water partition coefficient (Wildman–Crippen LogP) is 3.28. The molecule has 0 radical (unpaired) electrons. The zero-order valence-electron chi connectivity index (χ0n) is 24.6.